The maximum absolute atomic E-state index is 12.3. The van der Waals surface area contributed by atoms with E-state index >= 15 is 0 Å². The molecule has 24 heavy (non-hydrogen) atoms. The van der Waals surface area contributed by atoms with Crippen molar-refractivity contribution < 1.29 is 4.79 Å². The number of likely N-dealkylation sites (tertiary alicyclic amines) is 1. The average molecular weight is 328 g/mol. The summed E-state index contributed by atoms with van der Waals surface area (Å²) in [6, 6.07) is 7.25. The maximum Gasteiger partial charge on any atom is 0.277 e. The molecule has 6 nitrogen and oxygen atoms in total. The van der Waals surface area contributed by atoms with Crippen molar-refractivity contribution >= 4 is 16.8 Å². The summed E-state index contributed by atoms with van der Waals surface area (Å²) in [6.45, 7) is 2.39. The number of rotatable bonds is 6. The molecule has 1 aliphatic rings. The van der Waals surface area contributed by atoms with Crippen molar-refractivity contribution in [1.82, 2.24) is 19.9 Å². The van der Waals surface area contributed by atoms with Gasteiger partial charge in [0.25, 0.3) is 5.56 Å². The van der Waals surface area contributed by atoms with E-state index in [2.05, 4.69) is 10.3 Å². The number of amides is 1. The fraction of sp³-hybridized carbons (Fsp3) is 0.556. The van der Waals surface area contributed by atoms with Crippen molar-refractivity contribution in [1.29, 1.82) is 0 Å². The van der Waals surface area contributed by atoms with E-state index < -0.39 is 0 Å². The number of benzene rings is 1. The molecule has 1 saturated heterocycles. The predicted molar refractivity (Wildman–Crippen MR) is 92.7 cm³/mol. The number of unbranched alkanes of at least 4 members (excludes halogenated alkanes) is 2. The summed E-state index contributed by atoms with van der Waals surface area (Å²) in [5.41, 5.74) is 0.538. The zero-order chi connectivity index (χ0) is 16.8. The molecule has 128 valence electrons. The first-order valence-electron chi connectivity index (χ1n) is 8.86. The molecule has 1 fully saturated rings. The van der Waals surface area contributed by atoms with Crippen molar-refractivity contribution in [3.05, 3.63) is 34.6 Å². The molecule has 0 unspecified atom stereocenters. The molecule has 1 aromatic carbocycles. The SMILES string of the molecule is O=C(CCCCCn1nnc2ccccc2c1=O)N1CCCCC1. The van der Waals surface area contributed by atoms with Crippen molar-refractivity contribution in [2.24, 2.45) is 0 Å². The number of aromatic nitrogens is 3. The summed E-state index contributed by atoms with van der Waals surface area (Å²) in [6.07, 6.45) is 6.74. The largest absolute Gasteiger partial charge is 0.343 e. The number of nitrogens with zero attached hydrogens (tertiary/aromatic N) is 4. The van der Waals surface area contributed by atoms with Crippen LogP contribution in [-0.4, -0.2) is 38.9 Å². The molecule has 2 heterocycles. The van der Waals surface area contributed by atoms with Crippen LogP contribution in [-0.2, 0) is 11.3 Å². The van der Waals surface area contributed by atoms with E-state index in [1.165, 1.54) is 11.1 Å². The zero-order valence-electron chi connectivity index (χ0n) is 14.0. The second-order valence-electron chi connectivity index (χ2n) is 6.39. The number of hydrogen-bond acceptors (Lipinski definition) is 4. The Kier molecular flexibility index (Phi) is 5.56. The maximum atomic E-state index is 12.3. The van der Waals surface area contributed by atoms with Crippen molar-refractivity contribution in [2.75, 3.05) is 13.1 Å². The third-order valence-corrected chi connectivity index (χ3v) is 4.60. The highest BCUT2D eigenvalue weighted by molar-refractivity contribution is 5.76. The van der Waals surface area contributed by atoms with E-state index in [1.54, 1.807) is 12.1 Å². The van der Waals surface area contributed by atoms with Gasteiger partial charge in [-0.2, -0.15) is 0 Å². The number of fused-ring (bicyclic) bond motifs is 1. The first-order valence-corrected chi connectivity index (χ1v) is 8.86. The number of aryl methyl sites for hydroxylation is 1. The summed E-state index contributed by atoms with van der Waals surface area (Å²) >= 11 is 0. The van der Waals surface area contributed by atoms with Crippen molar-refractivity contribution in [3.8, 4) is 0 Å². The molecule has 0 aliphatic carbocycles. The monoisotopic (exact) mass is 328 g/mol. The summed E-state index contributed by atoms with van der Waals surface area (Å²) in [5, 5.41) is 8.68. The minimum Gasteiger partial charge on any atom is -0.343 e. The van der Waals surface area contributed by atoms with Gasteiger partial charge in [-0.1, -0.05) is 23.8 Å². The second kappa shape index (κ2) is 8.04. The van der Waals surface area contributed by atoms with Crippen LogP contribution in [0.25, 0.3) is 10.9 Å². The Morgan fingerprint density at radius 2 is 1.83 bits per heavy atom. The van der Waals surface area contributed by atoms with Gasteiger partial charge in [0.05, 0.1) is 5.39 Å². The van der Waals surface area contributed by atoms with E-state index in [4.69, 9.17) is 0 Å². The van der Waals surface area contributed by atoms with Gasteiger partial charge in [0.1, 0.15) is 5.52 Å². The Labute approximate surface area is 141 Å². The Morgan fingerprint density at radius 3 is 2.67 bits per heavy atom. The highest BCUT2D eigenvalue weighted by Gasteiger charge is 2.15. The molecular weight excluding hydrogens is 304 g/mol. The molecule has 0 atom stereocenters. The van der Waals surface area contributed by atoms with Gasteiger partial charge in [-0.25, -0.2) is 4.68 Å². The van der Waals surface area contributed by atoms with Crippen molar-refractivity contribution in [3.63, 3.8) is 0 Å². The molecule has 0 radical (unpaired) electrons. The van der Waals surface area contributed by atoms with E-state index in [0.717, 1.165) is 45.2 Å². The summed E-state index contributed by atoms with van der Waals surface area (Å²) in [4.78, 5) is 26.4. The van der Waals surface area contributed by atoms with Crippen LogP contribution in [0, 0.1) is 0 Å². The molecule has 1 aromatic heterocycles. The number of carbonyl (C=O) groups is 1. The summed E-state index contributed by atoms with van der Waals surface area (Å²) in [5.74, 6) is 0.275. The van der Waals surface area contributed by atoms with Crippen LogP contribution in [0.3, 0.4) is 0 Å². The lowest BCUT2D eigenvalue weighted by atomic mass is 10.1. The van der Waals surface area contributed by atoms with E-state index in [1.807, 2.05) is 17.0 Å². The topological polar surface area (TPSA) is 68.1 Å². The predicted octanol–water partition coefficient (Wildman–Crippen LogP) is 2.36. The molecule has 0 N–H and O–H groups in total. The van der Waals surface area contributed by atoms with Gasteiger partial charge in [-0.05, 0) is 44.2 Å². The van der Waals surface area contributed by atoms with Crippen LogP contribution in [0.2, 0.25) is 0 Å². The van der Waals surface area contributed by atoms with Crippen LogP contribution in [0.1, 0.15) is 44.9 Å². The van der Waals surface area contributed by atoms with Gasteiger partial charge in [0.15, 0.2) is 0 Å². The fourth-order valence-electron chi connectivity index (χ4n) is 3.19. The zero-order valence-corrected chi connectivity index (χ0v) is 14.0. The van der Waals surface area contributed by atoms with Gasteiger partial charge in [-0.3, -0.25) is 9.59 Å². The van der Waals surface area contributed by atoms with E-state index in [0.29, 0.717) is 23.9 Å². The minimum atomic E-state index is -0.0926. The van der Waals surface area contributed by atoms with Gasteiger partial charge < -0.3 is 4.90 Å². The molecule has 0 saturated carbocycles. The first kappa shape index (κ1) is 16.6. The Hall–Kier alpha value is -2.24. The molecule has 3 rings (SSSR count). The second-order valence-corrected chi connectivity index (χ2v) is 6.39. The molecule has 6 heteroatoms. The van der Waals surface area contributed by atoms with Crippen LogP contribution in [0.15, 0.2) is 29.1 Å². The molecule has 0 spiro atoms. The van der Waals surface area contributed by atoms with Gasteiger partial charge in [0, 0.05) is 26.1 Å². The highest BCUT2D eigenvalue weighted by atomic mass is 16.2. The minimum absolute atomic E-state index is 0.0926. The standard InChI is InChI=1S/C18H24N4O2/c23-17(21-12-6-2-7-13-21)11-3-1-8-14-22-18(24)15-9-4-5-10-16(15)19-20-22/h4-5,9-10H,1-3,6-8,11-14H2. The van der Waals surface area contributed by atoms with E-state index in [9.17, 15) is 9.59 Å². The molecule has 0 bridgehead atoms. The molecule has 2 aromatic rings. The Balaban J connectivity index is 1.44. The fourth-order valence-corrected chi connectivity index (χ4v) is 3.19. The van der Waals surface area contributed by atoms with Crippen LogP contribution < -0.4 is 5.56 Å². The van der Waals surface area contributed by atoms with Crippen LogP contribution >= 0.6 is 0 Å². The molecule has 1 amide bonds. The summed E-state index contributed by atoms with van der Waals surface area (Å²) < 4.78 is 1.43. The Morgan fingerprint density at radius 1 is 1.04 bits per heavy atom. The van der Waals surface area contributed by atoms with E-state index in [-0.39, 0.29) is 11.5 Å². The normalized spacial score (nSPS) is 14.9. The average Bonchev–Trinajstić information content (AvgIpc) is 2.64. The lowest BCUT2D eigenvalue weighted by Gasteiger charge is -2.26. The number of carbonyl (C=O) groups excluding carboxylic acids is 1. The summed E-state index contributed by atoms with van der Waals surface area (Å²) in [7, 11) is 0. The number of hydrogen-bond donors (Lipinski definition) is 0. The van der Waals surface area contributed by atoms with Crippen LogP contribution in [0.5, 0.6) is 0 Å². The third kappa shape index (κ3) is 3.99. The molecule has 1 aliphatic heterocycles. The van der Waals surface area contributed by atoms with Crippen molar-refractivity contribution in [2.45, 2.75) is 51.5 Å². The first-order chi connectivity index (χ1) is 11.8. The quantitative estimate of drug-likeness (QED) is 0.764. The highest BCUT2D eigenvalue weighted by Crippen LogP contribution is 2.12. The lowest BCUT2D eigenvalue weighted by Crippen LogP contribution is -2.35. The lowest BCUT2D eigenvalue weighted by molar-refractivity contribution is -0.132. The smallest absolute Gasteiger partial charge is 0.277 e. The number of piperidine rings is 1. The van der Waals surface area contributed by atoms with Gasteiger partial charge >= 0.3 is 0 Å². The Bertz CT molecular complexity index is 750. The van der Waals surface area contributed by atoms with Gasteiger partial charge in [-0.15, -0.1) is 5.10 Å². The van der Waals surface area contributed by atoms with Crippen LogP contribution in [0.4, 0.5) is 0 Å². The molecular formula is C18H24N4O2. The third-order valence-electron chi connectivity index (χ3n) is 4.60. The van der Waals surface area contributed by atoms with Gasteiger partial charge in [0.2, 0.25) is 5.91 Å².